The number of carbonyl (C=O) groups is 1. The van der Waals surface area contributed by atoms with Crippen molar-refractivity contribution in [2.24, 2.45) is 0 Å². The Morgan fingerprint density at radius 3 is 2.90 bits per heavy atom. The maximum atomic E-state index is 11.0. The summed E-state index contributed by atoms with van der Waals surface area (Å²) in [4.78, 5) is 13.9. The predicted octanol–water partition coefficient (Wildman–Crippen LogP) is 3.54. The number of nitrogens with one attached hydrogen (secondary N) is 1. The predicted molar refractivity (Wildman–Crippen MR) is 77.3 cm³/mol. The Morgan fingerprint density at radius 2 is 2.20 bits per heavy atom. The lowest BCUT2D eigenvalue weighted by molar-refractivity contribution is -0.0592. The summed E-state index contributed by atoms with van der Waals surface area (Å²) in [5, 5.41) is 9.99. The van der Waals surface area contributed by atoms with E-state index in [4.69, 9.17) is 9.84 Å². The standard InChI is InChI=1S/C16H19NO3/c1-16(2)9-11(5-6-20-16)10-3-4-13-12(7-10)8-14(17-13)15(18)19/h3-4,7-8,11,17H,5-6,9H2,1-2H3,(H,18,19)/t11-/m1/s1. The van der Waals surface area contributed by atoms with Crippen LogP contribution in [0.5, 0.6) is 0 Å². The first-order chi connectivity index (χ1) is 9.44. The van der Waals surface area contributed by atoms with Gasteiger partial charge < -0.3 is 14.8 Å². The van der Waals surface area contributed by atoms with Crippen molar-refractivity contribution in [1.82, 2.24) is 4.98 Å². The Bertz CT molecular complexity index is 657. The van der Waals surface area contributed by atoms with Crippen LogP contribution >= 0.6 is 0 Å². The molecule has 0 saturated carbocycles. The molecule has 1 saturated heterocycles. The van der Waals surface area contributed by atoms with Crippen LogP contribution in [0.4, 0.5) is 0 Å². The van der Waals surface area contributed by atoms with Crippen LogP contribution < -0.4 is 0 Å². The molecule has 0 aliphatic carbocycles. The van der Waals surface area contributed by atoms with Crippen molar-refractivity contribution in [2.45, 2.75) is 38.2 Å². The number of aromatic carboxylic acids is 1. The normalized spacial score (nSPS) is 22.0. The number of carboxylic acids is 1. The highest BCUT2D eigenvalue weighted by Crippen LogP contribution is 2.36. The van der Waals surface area contributed by atoms with Crippen molar-refractivity contribution >= 4 is 16.9 Å². The Labute approximate surface area is 117 Å². The van der Waals surface area contributed by atoms with E-state index in [1.807, 2.05) is 6.07 Å². The third-order valence-corrected chi connectivity index (χ3v) is 4.04. The second-order valence-corrected chi connectivity index (χ2v) is 6.13. The van der Waals surface area contributed by atoms with E-state index < -0.39 is 5.97 Å². The van der Waals surface area contributed by atoms with Gasteiger partial charge in [0.15, 0.2) is 0 Å². The summed E-state index contributed by atoms with van der Waals surface area (Å²) < 4.78 is 5.76. The van der Waals surface area contributed by atoms with Crippen molar-refractivity contribution in [3.8, 4) is 0 Å². The lowest BCUT2D eigenvalue weighted by Crippen LogP contribution is -2.32. The van der Waals surface area contributed by atoms with Crippen molar-refractivity contribution in [3.63, 3.8) is 0 Å². The molecule has 1 aromatic heterocycles. The van der Waals surface area contributed by atoms with Gasteiger partial charge in [-0.3, -0.25) is 0 Å². The van der Waals surface area contributed by atoms with Gasteiger partial charge in [0, 0.05) is 17.5 Å². The summed E-state index contributed by atoms with van der Waals surface area (Å²) >= 11 is 0. The minimum absolute atomic E-state index is 0.0811. The minimum atomic E-state index is -0.921. The van der Waals surface area contributed by atoms with E-state index >= 15 is 0 Å². The first kappa shape index (κ1) is 13.2. The molecule has 3 rings (SSSR count). The maximum Gasteiger partial charge on any atom is 0.352 e. The number of aromatic nitrogens is 1. The molecule has 4 nitrogen and oxygen atoms in total. The Morgan fingerprint density at radius 1 is 1.40 bits per heavy atom. The van der Waals surface area contributed by atoms with Gasteiger partial charge in [-0.1, -0.05) is 6.07 Å². The topological polar surface area (TPSA) is 62.3 Å². The number of hydrogen-bond acceptors (Lipinski definition) is 2. The third-order valence-electron chi connectivity index (χ3n) is 4.04. The Kier molecular flexibility index (Phi) is 3.05. The van der Waals surface area contributed by atoms with Crippen LogP contribution in [0.2, 0.25) is 0 Å². The monoisotopic (exact) mass is 273 g/mol. The van der Waals surface area contributed by atoms with Gasteiger partial charge in [0.2, 0.25) is 0 Å². The molecule has 1 aromatic carbocycles. The second-order valence-electron chi connectivity index (χ2n) is 6.13. The first-order valence-corrected chi connectivity index (χ1v) is 6.94. The van der Waals surface area contributed by atoms with Crippen LogP contribution in [0.3, 0.4) is 0 Å². The van der Waals surface area contributed by atoms with Gasteiger partial charge in [-0.15, -0.1) is 0 Å². The molecule has 2 heterocycles. The average Bonchev–Trinajstić information content (AvgIpc) is 2.80. The molecule has 1 atom stereocenters. The van der Waals surface area contributed by atoms with Crippen molar-refractivity contribution in [2.75, 3.05) is 6.61 Å². The Hall–Kier alpha value is -1.81. The van der Waals surface area contributed by atoms with Gasteiger partial charge in [-0.25, -0.2) is 4.79 Å². The van der Waals surface area contributed by atoms with Crippen LogP contribution in [-0.4, -0.2) is 28.3 Å². The molecule has 106 valence electrons. The van der Waals surface area contributed by atoms with Gasteiger partial charge in [0.05, 0.1) is 5.60 Å². The molecule has 4 heteroatoms. The lowest BCUT2D eigenvalue weighted by Gasteiger charge is -2.35. The zero-order valence-corrected chi connectivity index (χ0v) is 11.8. The number of hydrogen-bond donors (Lipinski definition) is 2. The van der Waals surface area contributed by atoms with Crippen molar-refractivity contribution in [3.05, 3.63) is 35.5 Å². The average molecular weight is 273 g/mol. The molecule has 0 amide bonds. The highest BCUT2D eigenvalue weighted by molar-refractivity contribution is 5.93. The smallest absolute Gasteiger partial charge is 0.352 e. The highest BCUT2D eigenvalue weighted by Gasteiger charge is 2.29. The molecular weight excluding hydrogens is 254 g/mol. The molecule has 0 radical (unpaired) electrons. The highest BCUT2D eigenvalue weighted by atomic mass is 16.5. The summed E-state index contributed by atoms with van der Waals surface area (Å²) in [6, 6.07) is 7.87. The van der Waals surface area contributed by atoms with Gasteiger partial charge in [0.25, 0.3) is 0 Å². The number of H-pyrrole nitrogens is 1. The zero-order valence-electron chi connectivity index (χ0n) is 11.8. The SMILES string of the molecule is CC1(C)C[C@H](c2ccc3[nH]c(C(=O)O)cc3c2)CCO1. The summed E-state index contributed by atoms with van der Waals surface area (Å²) in [5.41, 5.74) is 2.30. The molecule has 0 unspecified atom stereocenters. The van der Waals surface area contributed by atoms with E-state index in [0.717, 1.165) is 30.4 Å². The fourth-order valence-electron chi connectivity index (χ4n) is 3.04. The quantitative estimate of drug-likeness (QED) is 0.879. The first-order valence-electron chi connectivity index (χ1n) is 6.94. The largest absolute Gasteiger partial charge is 0.477 e. The maximum absolute atomic E-state index is 11.0. The van der Waals surface area contributed by atoms with Gasteiger partial charge in [-0.2, -0.15) is 0 Å². The van der Waals surface area contributed by atoms with Crippen molar-refractivity contribution < 1.29 is 14.6 Å². The third kappa shape index (κ3) is 2.43. The van der Waals surface area contributed by atoms with Gasteiger partial charge in [0.1, 0.15) is 5.69 Å². The minimum Gasteiger partial charge on any atom is -0.477 e. The van der Waals surface area contributed by atoms with E-state index in [-0.39, 0.29) is 11.3 Å². The number of rotatable bonds is 2. The summed E-state index contributed by atoms with van der Waals surface area (Å²) in [6.45, 7) is 5.02. The Balaban J connectivity index is 1.94. The summed E-state index contributed by atoms with van der Waals surface area (Å²) in [5.74, 6) is -0.443. The van der Waals surface area contributed by atoms with Crippen LogP contribution in [-0.2, 0) is 4.74 Å². The van der Waals surface area contributed by atoms with Crippen LogP contribution in [0.25, 0.3) is 10.9 Å². The molecule has 1 aliphatic rings. The van der Waals surface area contributed by atoms with E-state index in [1.54, 1.807) is 6.07 Å². The van der Waals surface area contributed by atoms with E-state index in [1.165, 1.54) is 5.56 Å². The van der Waals surface area contributed by atoms with E-state index in [9.17, 15) is 4.79 Å². The van der Waals surface area contributed by atoms with E-state index in [0.29, 0.717) is 5.92 Å². The molecule has 0 bridgehead atoms. The number of ether oxygens (including phenoxy) is 1. The molecular formula is C16H19NO3. The second kappa shape index (κ2) is 4.63. The van der Waals surface area contributed by atoms with Crippen LogP contribution in [0.15, 0.2) is 24.3 Å². The molecule has 0 spiro atoms. The lowest BCUT2D eigenvalue weighted by atomic mass is 9.83. The van der Waals surface area contributed by atoms with Crippen molar-refractivity contribution in [1.29, 1.82) is 0 Å². The molecule has 1 aliphatic heterocycles. The fourth-order valence-corrected chi connectivity index (χ4v) is 3.04. The molecule has 20 heavy (non-hydrogen) atoms. The number of benzene rings is 1. The zero-order chi connectivity index (χ0) is 14.3. The van der Waals surface area contributed by atoms with Gasteiger partial charge in [-0.05, 0) is 56.4 Å². The van der Waals surface area contributed by atoms with E-state index in [2.05, 4.69) is 31.0 Å². The number of aromatic amines is 1. The van der Waals surface area contributed by atoms with Gasteiger partial charge >= 0.3 is 5.97 Å². The summed E-state index contributed by atoms with van der Waals surface area (Å²) in [6.07, 6.45) is 2.01. The van der Waals surface area contributed by atoms with Crippen LogP contribution in [0.1, 0.15) is 48.7 Å². The number of fused-ring (bicyclic) bond motifs is 1. The molecule has 2 aromatic rings. The molecule has 1 fully saturated rings. The summed E-state index contributed by atoms with van der Waals surface area (Å²) in [7, 11) is 0. The fraction of sp³-hybridized carbons (Fsp3) is 0.438. The number of carboxylic acid groups (broad SMARTS) is 1. The van der Waals surface area contributed by atoms with Crippen LogP contribution in [0, 0.1) is 0 Å². The molecule has 2 N–H and O–H groups in total.